The lowest BCUT2D eigenvalue weighted by Gasteiger charge is -2.11. The van der Waals surface area contributed by atoms with Crippen LogP contribution in [0.2, 0.25) is 0 Å². The summed E-state index contributed by atoms with van der Waals surface area (Å²) in [5.41, 5.74) is 1.82. The predicted molar refractivity (Wildman–Crippen MR) is 88.3 cm³/mol. The van der Waals surface area contributed by atoms with Crippen LogP contribution in [0.25, 0.3) is 0 Å². The maximum Gasteiger partial charge on any atom is 0.272 e. The molecule has 0 saturated heterocycles. The van der Waals surface area contributed by atoms with Gasteiger partial charge in [0.25, 0.3) is 10.0 Å². The van der Waals surface area contributed by atoms with Gasteiger partial charge < -0.3 is 5.32 Å². The molecule has 0 aliphatic carbocycles. The molecule has 2 N–H and O–H groups in total. The van der Waals surface area contributed by atoms with Crippen molar-refractivity contribution < 1.29 is 13.2 Å². The number of amides is 1. The number of thiophene rings is 1. The number of sulfonamides is 1. The lowest BCUT2D eigenvalue weighted by molar-refractivity contribution is -0.114. The molecule has 0 aliphatic rings. The SMILES string of the molecule is CC(=O)Nc1cc(NS(=O)(=O)c2sccc2Br)ccc1C. The molecular formula is C13H13BrN2O3S2. The monoisotopic (exact) mass is 388 g/mol. The Balaban J connectivity index is 2.32. The summed E-state index contributed by atoms with van der Waals surface area (Å²) in [6, 6.07) is 6.67. The van der Waals surface area contributed by atoms with E-state index in [9.17, 15) is 13.2 Å². The van der Waals surface area contributed by atoms with Gasteiger partial charge in [0.2, 0.25) is 5.91 Å². The van der Waals surface area contributed by atoms with Crippen LogP contribution in [-0.4, -0.2) is 14.3 Å². The zero-order chi connectivity index (χ0) is 15.6. The zero-order valence-electron chi connectivity index (χ0n) is 11.3. The van der Waals surface area contributed by atoms with Crippen LogP contribution in [0, 0.1) is 6.92 Å². The Kier molecular flexibility index (Phi) is 4.70. The minimum Gasteiger partial charge on any atom is -0.326 e. The molecular weight excluding hydrogens is 376 g/mol. The lowest BCUT2D eigenvalue weighted by Crippen LogP contribution is -2.13. The minimum atomic E-state index is -3.65. The molecule has 0 unspecified atom stereocenters. The summed E-state index contributed by atoms with van der Waals surface area (Å²) in [5, 5.41) is 4.36. The van der Waals surface area contributed by atoms with Crippen molar-refractivity contribution in [1.82, 2.24) is 0 Å². The van der Waals surface area contributed by atoms with Gasteiger partial charge in [-0.2, -0.15) is 0 Å². The van der Waals surface area contributed by atoms with E-state index in [1.165, 1.54) is 6.92 Å². The first-order chi connectivity index (χ1) is 9.79. The Bertz CT molecular complexity index is 784. The van der Waals surface area contributed by atoms with Gasteiger partial charge in [0.1, 0.15) is 0 Å². The molecule has 1 aromatic heterocycles. The van der Waals surface area contributed by atoms with Crippen molar-refractivity contribution in [3.63, 3.8) is 0 Å². The van der Waals surface area contributed by atoms with E-state index in [4.69, 9.17) is 0 Å². The number of carbonyl (C=O) groups excluding carboxylic acids is 1. The first-order valence-corrected chi connectivity index (χ1v) is 9.09. The Morgan fingerprint density at radius 3 is 2.57 bits per heavy atom. The number of hydrogen-bond donors (Lipinski definition) is 2. The quantitative estimate of drug-likeness (QED) is 0.840. The van der Waals surface area contributed by atoms with Gasteiger partial charge >= 0.3 is 0 Å². The molecule has 1 amide bonds. The smallest absolute Gasteiger partial charge is 0.272 e. The molecule has 1 aromatic carbocycles. The van der Waals surface area contributed by atoms with E-state index in [2.05, 4.69) is 26.0 Å². The lowest BCUT2D eigenvalue weighted by atomic mass is 10.2. The summed E-state index contributed by atoms with van der Waals surface area (Å²) in [4.78, 5) is 11.1. The van der Waals surface area contributed by atoms with Crippen LogP contribution in [0.5, 0.6) is 0 Å². The van der Waals surface area contributed by atoms with Crippen LogP contribution < -0.4 is 10.0 Å². The summed E-state index contributed by atoms with van der Waals surface area (Å²) in [6.45, 7) is 3.23. The third-order valence-electron chi connectivity index (χ3n) is 2.63. The molecule has 2 rings (SSSR count). The van der Waals surface area contributed by atoms with Crippen molar-refractivity contribution in [2.24, 2.45) is 0 Å². The van der Waals surface area contributed by atoms with Gasteiger partial charge in [-0.25, -0.2) is 8.42 Å². The summed E-state index contributed by atoms with van der Waals surface area (Å²) in [7, 11) is -3.65. The number of halogens is 1. The molecule has 0 bridgehead atoms. The second kappa shape index (κ2) is 6.17. The number of nitrogens with one attached hydrogen (secondary N) is 2. The number of aryl methyl sites for hydroxylation is 1. The van der Waals surface area contributed by atoms with Crippen molar-refractivity contribution in [1.29, 1.82) is 0 Å². The molecule has 0 aliphatic heterocycles. The maximum absolute atomic E-state index is 12.3. The normalized spacial score (nSPS) is 11.2. The molecule has 0 radical (unpaired) electrons. The summed E-state index contributed by atoms with van der Waals surface area (Å²) in [5.74, 6) is -0.209. The summed E-state index contributed by atoms with van der Waals surface area (Å²) in [6.07, 6.45) is 0. The molecule has 112 valence electrons. The van der Waals surface area contributed by atoms with E-state index in [0.29, 0.717) is 15.8 Å². The molecule has 8 heteroatoms. The number of anilines is 2. The van der Waals surface area contributed by atoms with Gasteiger partial charge in [0.15, 0.2) is 4.21 Å². The highest BCUT2D eigenvalue weighted by molar-refractivity contribution is 9.10. The second-order valence-electron chi connectivity index (χ2n) is 4.37. The fourth-order valence-corrected chi connectivity index (χ4v) is 5.07. The van der Waals surface area contributed by atoms with E-state index in [0.717, 1.165) is 16.9 Å². The van der Waals surface area contributed by atoms with Gasteiger partial charge in [0.05, 0.1) is 5.69 Å². The highest BCUT2D eigenvalue weighted by atomic mass is 79.9. The standard InChI is InChI=1S/C13H13BrN2O3S2/c1-8-3-4-10(7-12(8)15-9(2)17)16-21(18,19)13-11(14)5-6-20-13/h3-7,16H,1-2H3,(H,15,17). The van der Waals surface area contributed by atoms with E-state index in [1.807, 2.05) is 6.92 Å². The van der Waals surface area contributed by atoms with E-state index < -0.39 is 10.0 Å². The second-order valence-corrected chi connectivity index (χ2v) is 8.02. The molecule has 5 nitrogen and oxygen atoms in total. The van der Waals surface area contributed by atoms with E-state index in [-0.39, 0.29) is 10.1 Å². The molecule has 2 aromatic rings. The molecule has 0 spiro atoms. The van der Waals surface area contributed by atoms with Gasteiger partial charge in [-0.05, 0) is 52.0 Å². The van der Waals surface area contributed by atoms with Crippen molar-refractivity contribution in [3.8, 4) is 0 Å². The van der Waals surface area contributed by atoms with Crippen molar-refractivity contribution in [2.45, 2.75) is 18.1 Å². The molecule has 0 saturated carbocycles. The highest BCUT2D eigenvalue weighted by Gasteiger charge is 2.19. The summed E-state index contributed by atoms with van der Waals surface area (Å²) < 4.78 is 27.8. The fraction of sp³-hybridized carbons (Fsp3) is 0.154. The molecule has 0 fully saturated rings. The Morgan fingerprint density at radius 1 is 1.29 bits per heavy atom. The van der Waals surface area contributed by atoms with Crippen LogP contribution in [0.3, 0.4) is 0 Å². The predicted octanol–water partition coefficient (Wildman–Crippen LogP) is 3.58. The van der Waals surface area contributed by atoms with Gasteiger partial charge in [-0.15, -0.1) is 11.3 Å². The average molecular weight is 389 g/mol. The van der Waals surface area contributed by atoms with Crippen LogP contribution in [0.4, 0.5) is 11.4 Å². The first kappa shape index (κ1) is 16.0. The van der Waals surface area contributed by atoms with Gasteiger partial charge in [0, 0.05) is 17.1 Å². The first-order valence-electron chi connectivity index (χ1n) is 5.93. The Morgan fingerprint density at radius 2 is 2.00 bits per heavy atom. The number of benzene rings is 1. The van der Waals surface area contributed by atoms with E-state index in [1.54, 1.807) is 29.6 Å². The van der Waals surface area contributed by atoms with Gasteiger partial charge in [-0.1, -0.05) is 6.07 Å². The summed E-state index contributed by atoms with van der Waals surface area (Å²) >= 11 is 4.34. The third kappa shape index (κ3) is 3.84. The average Bonchev–Trinajstić information content (AvgIpc) is 2.79. The highest BCUT2D eigenvalue weighted by Crippen LogP contribution is 2.30. The Hall–Kier alpha value is -1.38. The molecule has 0 atom stereocenters. The molecule has 1 heterocycles. The largest absolute Gasteiger partial charge is 0.326 e. The number of hydrogen-bond acceptors (Lipinski definition) is 4. The fourth-order valence-electron chi connectivity index (χ4n) is 1.68. The van der Waals surface area contributed by atoms with Crippen molar-refractivity contribution in [2.75, 3.05) is 10.0 Å². The van der Waals surface area contributed by atoms with Crippen molar-refractivity contribution in [3.05, 3.63) is 39.7 Å². The third-order valence-corrected chi connectivity index (χ3v) is 6.68. The van der Waals surface area contributed by atoms with Crippen LogP contribution in [0.15, 0.2) is 38.3 Å². The van der Waals surface area contributed by atoms with Crippen LogP contribution >= 0.6 is 27.3 Å². The Labute approximate surface area is 135 Å². The topological polar surface area (TPSA) is 75.3 Å². The van der Waals surface area contributed by atoms with Gasteiger partial charge in [-0.3, -0.25) is 9.52 Å². The van der Waals surface area contributed by atoms with Crippen molar-refractivity contribution >= 4 is 54.6 Å². The number of carbonyl (C=O) groups is 1. The van der Waals surface area contributed by atoms with E-state index >= 15 is 0 Å². The maximum atomic E-state index is 12.3. The van der Waals surface area contributed by atoms with Crippen LogP contribution in [0.1, 0.15) is 12.5 Å². The number of rotatable bonds is 4. The zero-order valence-corrected chi connectivity index (χ0v) is 14.5. The molecule has 21 heavy (non-hydrogen) atoms. The minimum absolute atomic E-state index is 0.209. The van der Waals surface area contributed by atoms with Crippen LogP contribution in [-0.2, 0) is 14.8 Å².